The Labute approximate surface area is 108 Å². The summed E-state index contributed by atoms with van der Waals surface area (Å²) in [5.41, 5.74) is 0.972. The number of nitrogens with zero attached hydrogens (tertiary/aromatic N) is 1. The van der Waals surface area contributed by atoms with Crippen molar-refractivity contribution in [3.8, 4) is 0 Å². The van der Waals surface area contributed by atoms with Crippen LogP contribution in [-0.4, -0.2) is 17.2 Å². The second kappa shape index (κ2) is 6.01. The van der Waals surface area contributed by atoms with Gasteiger partial charge in [0.05, 0.1) is 5.52 Å². The number of benzene rings is 1. The summed E-state index contributed by atoms with van der Waals surface area (Å²) in [4.78, 5) is 0. The van der Waals surface area contributed by atoms with Gasteiger partial charge in [-0.1, -0.05) is 19.4 Å². The predicted molar refractivity (Wildman–Crippen MR) is 74.3 cm³/mol. The minimum Gasteiger partial charge on any atom is -0.346 e. The third-order valence-electron chi connectivity index (χ3n) is 3.33. The molecule has 0 saturated carbocycles. The highest BCUT2D eigenvalue weighted by molar-refractivity contribution is 5.80. The molecular formula is C15H21FN2. The Bertz CT molecular complexity index is 504. The Hall–Kier alpha value is -1.35. The van der Waals surface area contributed by atoms with Gasteiger partial charge >= 0.3 is 0 Å². The lowest BCUT2D eigenvalue weighted by atomic mass is 10.2. The molecule has 2 nitrogen and oxygen atoms in total. The van der Waals surface area contributed by atoms with Crippen LogP contribution in [-0.2, 0) is 6.54 Å². The third kappa shape index (κ3) is 2.91. The highest BCUT2D eigenvalue weighted by atomic mass is 19.1. The van der Waals surface area contributed by atoms with Gasteiger partial charge in [0.1, 0.15) is 5.82 Å². The molecule has 98 valence electrons. The smallest absolute Gasteiger partial charge is 0.132 e. The highest BCUT2D eigenvalue weighted by Crippen LogP contribution is 2.18. The molecule has 1 heterocycles. The number of aromatic nitrogens is 1. The first-order chi connectivity index (χ1) is 8.72. The molecule has 1 aromatic carbocycles. The van der Waals surface area contributed by atoms with E-state index in [0.717, 1.165) is 18.6 Å². The Morgan fingerprint density at radius 1 is 1.33 bits per heavy atom. The van der Waals surface area contributed by atoms with Crippen LogP contribution >= 0.6 is 0 Å². The van der Waals surface area contributed by atoms with Crippen LogP contribution in [0.2, 0.25) is 0 Å². The fourth-order valence-corrected chi connectivity index (χ4v) is 2.35. The van der Waals surface area contributed by atoms with Gasteiger partial charge in [-0.3, -0.25) is 0 Å². The lowest BCUT2D eigenvalue weighted by Crippen LogP contribution is -2.29. The zero-order valence-corrected chi connectivity index (χ0v) is 11.1. The lowest BCUT2D eigenvalue weighted by molar-refractivity contribution is 0.489. The highest BCUT2D eigenvalue weighted by Gasteiger charge is 2.05. The van der Waals surface area contributed by atoms with Gasteiger partial charge < -0.3 is 9.88 Å². The van der Waals surface area contributed by atoms with E-state index in [-0.39, 0.29) is 5.82 Å². The van der Waals surface area contributed by atoms with E-state index in [9.17, 15) is 4.39 Å². The van der Waals surface area contributed by atoms with Crippen LogP contribution in [0.1, 0.15) is 26.7 Å². The van der Waals surface area contributed by atoms with Gasteiger partial charge in [-0.2, -0.15) is 0 Å². The summed E-state index contributed by atoms with van der Waals surface area (Å²) >= 11 is 0. The average Bonchev–Trinajstić information content (AvgIpc) is 2.75. The van der Waals surface area contributed by atoms with E-state index >= 15 is 0 Å². The van der Waals surface area contributed by atoms with Crippen LogP contribution < -0.4 is 5.32 Å². The summed E-state index contributed by atoms with van der Waals surface area (Å²) in [6, 6.07) is 7.64. The van der Waals surface area contributed by atoms with Crippen molar-refractivity contribution in [3.63, 3.8) is 0 Å². The van der Waals surface area contributed by atoms with Gasteiger partial charge in [-0.15, -0.1) is 0 Å². The third-order valence-corrected chi connectivity index (χ3v) is 3.33. The minimum atomic E-state index is -0.140. The maximum atomic E-state index is 13.5. The number of fused-ring (bicyclic) bond motifs is 1. The fraction of sp³-hybridized carbons (Fsp3) is 0.467. The van der Waals surface area contributed by atoms with Gasteiger partial charge in [-0.05, 0) is 31.5 Å². The summed E-state index contributed by atoms with van der Waals surface area (Å²) in [6.45, 7) is 6.19. The molecule has 0 spiro atoms. The molecule has 0 aliphatic heterocycles. The number of hydrogen-bond donors (Lipinski definition) is 1. The van der Waals surface area contributed by atoms with E-state index < -0.39 is 0 Å². The van der Waals surface area contributed by atoms with Crippen molar-refractivity contribution in [1.29, 1.82) is 0 Å². The Kier molecular flexibility index (Phi) is 4.37. The van der Waals surface area contributed by atoms with Crippen molar-refractivity contribution >= 4 is 10.9 Å². The largest absolute Gasteiger partial charge is 0.346 e. The maximum absolute atomic E-state index is 13.5. The Morgan fingerprint density at radius 3 is 2.94 bits per heavy atom. The molecule has 0 bridgehead atoms. The lowest BCUT2D eigenvalue weighted by Gasteiger charge is -2.13. The molecule has 0 amide bonds. The molecule has 0 fully saturated rings. The van der Waals surface area contributed by atoms with Crippen molar-refractivity contribution in [2.24, 2.45) is 0 Å². The van der Waals surface area contributed by atoms with Crippen molar-refractivity contribution in [3.05, 3.63) is 36.3 Å². The summed E-state index contributed by atoms with van der Waals surface area (Å²) in [5.74, 6) is -0.140. The van der Waals surface area contributed by atoms with E-state index in [0.29, 0.717) is 11.4 Å². The molecule has 0 radical (unpaired) electrons. The first-order valence-corrected chi connectivity index (χ1v) is 6.69. The standard InChI is InChI=1S/C15H21FN2/c1-3-5-12(2)17-9-11-18-10-8-13-14(16)6-4-7-15(13)18/h4,6-8,10,12,17H,3,5,9,11H2,1-2H3. The fourth-order valence-electron chi connectivity index (χ4n) is 2.35. The molecule has 2 rings (SSSR count). The van der Waals surface area contributed by atoms with E-state index in [1.165, 1.54) is 18.9 Å². The van der Waals surface area contributed by atoms with Crippen LogP contribution in [0.5, 0.6) is 0 Å². The Morgan fingerprint density at radius 2 is 2.17 bits per heavy atom. The van der Waals surface area contributed by atoms with E-state index in [1.807, 2.05) is 18.3 Å². The van der Waals surface area contributed by atoms with Crippen LogP contribution in [0.15, 0.2) is 30.5 Å². The van der Waals surface area contributed by atoms with Gasteiger partial charge in [0.15, 0.2) is 0 Å². The monoisotopic (exact) mass is 248 g/mol. The maximum Gasteiger partial charge on any atom is 0.132 e. The molecule has 0 aliphatic rings. The van der Waals surface area contributed by atoms with Gasteiger partial charge in [0.2, 0.25) is 0 Å². The molecule has 1 atom stereocenters. The molecule has 0 saturated heterocycles. The quantitative estimate of drug-likeness (QED) is 0.827. The average molecular weight is 248 g/mol. The second-order valence-electron chi connectivity index (χ2n) is 4.83. The van der Waals surface area contributed by atoms with Gasteiger partial charge in [-0.25, -0.2) is 4.39 Å². The van der Waals surface area contributed by atoms with Crippen LogP contribution in [0.4, 0.5) is 4.39 Å². The summed E-state index contributed by atoms with van der Waals surface area (Å²) in [5, 5.41) is 4.19. The number of nitrogens with one attached hydrogen (secondary N) is 1. The van der Waals surface area contributed by atoms with Crippen LogP contribution in [0.3, 0.4) is 0 Å². The first-order valence-electron chi connectivity index (χ1n) is 6.69. The predicted octanol–water partition coefficient (Wildman–Crippen LogP) is 3.56. The molecule has 1 unspecified atom stereocenters. The van der Waals surface area contributed by atoms with Gasteiger partial charge in [0.25, 0.3) is 0 Å². The molecule has 3 heteroatoms. The molecule has 1 N–H and O–H groups in total. The summed E-state index contributed by atoms with van der Waals surface area (Å²) < 4.78 is 15.6. The Balaban J connectivity index is 1.98. The summed E-state index contributed by atoms with van der Waals surface area (Å²) in [6.07, 6.45) is 4.35. The van der Waals surface area contributed by atoms with Crippen molar-refractivity contribution in [2.45, 2.75) is 39.3 Å². The SMILES string of the molecule is CCCC(C)NCCn1ccc2c(F)cccc21. The zero-order chi connectivity index (χ0) is 13.0. The van der Waals surface area contributed by atoms with Gasteiger partial charge in [0, 0.05) is 30.7 Å². The molecule has 18 heavy (non-hydrogen) atoms. The number of rotatable bonds is 6. The first kappa shape index (κ1) is 13.1. The van der Waals surface area contributed by atoms with Crippen molar-refractivity contribution in [2.75, 3.05) is 6.54 Å². The second-order valence-corrected chi connectivity index (χ2v) is 4.83. The topological polar surface area (TPSA) is 17.0 Å². The zero-order valence-electron chi connectivity index (χ0n) is 11.1. The molecule has 0 aliphatic carbocycles. The van der Waals surface area contributed by atoms with E-state index in [2.05, 4.69) is 23.7 Å². The van der Waals surface area contributed by atoms with E-state index in [4.69, 9.17) is 0 Å². The summed E-state index contributed by atoms with van der Waals surface area (Å²) in [7, 11) is 0. The van der Waals surface area contributed by atoms with Crippen molar-refractivity contribution in [1.82, 2.24) is 9.88 Å². The normalized spacial score (nSPS) is 13.1. The number of halogens is 1. The molecular weight excluding hydrogens is 227 g/mol. The minimum absolute atomic E-state index is 0.140. The number of hydrogen-bond acceptors (Lipinski definition) is 1. The van der Waals surface area contributed by atoms with E-state index in [1.54, 1.807) is 6.07 Å². The van der Waals surface area contributed by atoms with Crippen LogP contribution in [0.25, 0.3) is 10.9 Å². The van der Waals surface area contributed by atoms with Crippen molar-refractivity contribution < 1.29 is 4.39 Å². The molecule has 2 aromatic rings. The van der Waals surface area contributed by atoms with Crippen LogP contribution in [0, 0.1) is 5.82 Å². The molecule has 1 aromatic heterocycles.